The molecule has 0 aliphatic carbocycles. The van der Waals surface area contributed by atoms with Crippen LogP contribution in [0, 0.1) is 6.92 Å². The van der Waals surface area contributed by atoms with Gasteiger partial charge < -0.3 is 9.73 Å². The van der Waals surface area contributed by atoms with Gasteiger partial charge in [0.15, 0.2) is 5.58 Å². The van der Waals surface area contributed by atoms with Gasteiger partial charge >= 0.3 is 0 Å². The van der Waals surface area contributed by atoms with E-state index in [1.54, 1.807) is 0 Å². The molecule has 0 bridgehead atoms. The van der Waals surface area contributed by atoms with Crippen molar-refractivity contribution in [3.05, 3.63) is 52.5 Å². The van der Waals surface area contributed by atoms with Crippen LogP contribution in [0.3, 0.4) is 0 Å². The number of fused-ring (bicyclic) bond motifs is 1. The van der Waals surface area contributed by atoms with E-state index in [0.717, 1.165) is 34.7 Å². The Labute approximate surface area is 128 Å². The molecular formula is C16H18ClN3O. The fraction of sp³-hybridized carbons (Fsp3) is 0.312. The molecule has 1 atom stereocenters. The van der Waals surface area contributed by atoms with E-state index >= 15 is 0 Å². The van der Waals surface area contributed by atoms with E-state index in [4.69, 9.17) is 16.0 Å². The minimum Gasteiger partial charge on any atom is -0.457 e. The Morgan fingerprint density at radius 2 is 2.19 bits per heavy atom. The lowest BCUT2D eigenvalue weighted by atomic mass is 10.1. The van der Waals surface area contributed by atoms with Gasteiger partial charge in [-0.2, -0.15) is 5.10 Å². The monoisotopic (exact) mass is 303 g/mol. The van der Waals surface area contributed by atoms with E-state index in [1.807, 2.05) is 42.9 Å². The molecule has 0 spiro atoms. The zero-order valence-corrected chi connectivity index (χ0v) is 13.1. The number of rotatable bonds is 4. The van der Waals surface area contributed by atoms with Gasteiger partial charge in [0.1, 0.15) is 11.8 Å². The van der Waals surface area contributed by atoms with Gasteiger partial charge in [-0.25, -0.2) is 0 Å². The van der Waals surface area contributed by atoms with Crippen LogP contribution >= 0.6 is 11.6 Å². The first-order valence-electron chi connectivity index (χ1n) is 7.03. The topological polar surface area (TPSA) is 43.0 Å². The lowest BCUT2D eigenvalue weighted by molar-refractivity contribution is 0.465. The summed E-state index contributed by atoms with van der Waals surface area (Å²) in [6.45, 7) is 4.90. The van der Waals surface area contributed by atoms with Crippen LogP contribution < -0.4 is 5.32 Å². The highest BCUT2D eigenvalue weighted by atomic mass is 35.5. The van der Waals surface area contributed by atoms with Crippen LogP contribution in [0.1, 0.15) is 30.1 Å². The maximum atomic E-state index is 6.20. The van der Waals surface area contributed by atoms with Crippen LogP contribution in [0.15, 0.2) is 34.7 Å². The predicted molar refractivity (Wildman–Crippen MR) is 84.8 cm³/mol. The van der Waals surface area contributed by atoms with Gasteiger partial charge in [-0.1, -0.05) is 23.7 Å². The molecule has 3 aromatic rings. The summed E-state index contributed by atoms with van der Waals surface area (Å²) in [4.78, 5) is 0. The molecule has 21 heavy (non-hydrogen) atoms. The Bertz CT molecular complexity index is 775. The summed E-state index contributed by atoms with van der Waals surface area (Å²) in [5.41, 5.74) is 2.82. The van der Waals surface area contributed by atoms with Crippen molar-refractivity contribution in [3.63, 3.8) is 0 Å². The summed E-state index contributed by atoms with van der Waals surface area (Å²) in [7, 11) is 1.92. The highest BCUT2D eigenvalue weighted by molar-refractivity contribution is 6.34. The molecule has 1 N–H and O–H groups in total. The molecule has 0 saturated heterocycles. The number of aryl methyl sites for hydroxylation is 2. The third-order valence-electron chi connectivity index (χ3n) is 3.62. The lowest BCUT2D eigenvalue weighted by Gasteiger charge is -2.14. The Morgan fingerprint density at radius 3 is 2.86 bits per heavy atom. The normalized spacial score (nSPS) is 13.0. The van der Waals surface area contributed by atoms with Crippen LogP contribution in [0.4, 0.5) is 0 Å². The average Bonchev–Trinajstić information content (AvgIpc) is 3.04. The summed E-state index contributed by atoms with van der Waals surface area (Å²) in [6.07, 6.45) is 0. The first kappa shape index (κ1) is 14.2. The molecule has 0 radical (unpaired) electrons. The van der Waals surface area contributed by atoms with Gasteiger partial charge in [0, 0.05) is 11.9 Å². The molecule has 0 saturated carbocycles. The molecule has 4 nitrogen and oxygen atoms in total. The summed E-state index contributed by atoms with van der Waals surface area (Å²) in [6, 6.07) is 9.84. The van der Waals surface area contributed by atoms with Crippen molar-refractivity contribution in [1.29, 1.82) is 0 Å². The van der Waals surface area contributed by atoms with Gasteiger partial charge in [-0.05, 0) is 39.1 Å². The van der Waals surface area contributed by atoms with Crippen LogP contribution in [0.5, 0.6) is 0 Å². The highest BCUT2D eigenvalue weighted by Crippen LogP contribution is 2.32. The second-order valence-corrected chi connectivity index (χ2v) is 5.46. The van der Waals surface area contributed by atoms with Crippen LogP contribution in [0.25, 0.3) is 11.0 Å². The van der Waals surface area contributed by atoms with Crippen LogP contribution in [-0.4, -0.2) is 16.8 Å². The Kier molecular flexibility index (Phi) is 3.74. The molecule has 0 aliphatic heterocycles. The van der Waals surface area contributed by atoms with E-state index in [-0.39, 0.29) is 6.04 Å². The molecule has 3 rings (SSSR count). The van der Waals surface area contributed by atoms with Crippen LogP contribution in [-0.2, 0) is 6.54 Å². The van der Waals surface area contributed by atoms with Gasteiger partial charge in [-0.15, -0.1) is 0 Å². The molecule has 0 fully saturated rings. The number of para-hydroxylation sites is 1. The molecule has 5 heteroatoms. The maximum absolute atomic E-state index is 6.20. The molecule has 1 unspecified atom stereocenters. The number of hydrogen-bond donors (Lipinski definition) is 1. The zero-order chi connectivity index (χ0) is 15.0. The quantitative estimate of drug-likeness (QED) is 0.794. The molecule has 0 aliphatic rings. The molecule has 0 amide bonds. The van der Waals surface area contributed by atoms with Crippen molar-refractivity contribution in [2.24, 2.45) is 0 Å². The number of nitrogens with one attached hydrogen (secondary N) is 1. The van der Waals surface area contributed by atoms with E-state index in [1.165, 1.54) is 0 Å². The smallest absolute Gasteiger partial charge is 0.152 e. The Morgan fingerprint density at radius 1 is 1.38 bits per heavy atom. The number of hydrogen-bond acceptors (Lipinski definition) is 3. The average molecular weight is 304 g/mol. The molecule has 2 heterocycles. The van der Waals surface area contributed by atoms with Crippen molar-refractivity contribution < 1.29 is 4.42 Å². The predicted octanol–water partition coefficient (Wildman–Crippen LogP) is 3.92. The van der Waals surface area contributed by atoms with Gasteiger partial charge in [-0.3, -0.25) is 4.68 Å². The number of benzene rings is 1. The second kappa shape index (κ2) is 5.54. The standard InChI is InChI=1S/C16H18ClN3O/c1-4-20-13(8-10(2)19-20)15(18-3)14-9-11-6-5-7-12(17)16(11)21-14/h5-9,15,18H,4H2,1-3H3. The van der Waals surface area contributed by atoms with Crippen molar-refractivity contribution in [2.75, 3.05) is 7.05 Å². The summed E-state index contributed by atoms with van der Waals surface area (Å²) >= 11 is 6.20. The largest absolute Gasteiger partial charge is 0.457 e. The minimum atomic E-state index is -0.0467. The molecule has 2 aromatic heterocycles. The first-order valence-corrected chi connectivity index (χ1v) is 7.41. The van der Waals surface area contributed by atoms with Gasteiger partial charge in [0.25, 0.3) is 0 Å². The van der Waals surface area contributed by atoms with E-state index in [0.29, 0.717) is 5.02 Å². The molecule has 110 valence electrons. The summed E-state index contributed by atoms with van der Waals surface area (Å²) in [5, 5.41) is 9.45. The van der Waals surface area contributed by atoms with E-state index in [9.17, 15) is 0 Å². The number of aromatic nitrogens is 2. The first-order chi connectivity index (χ1) is 10.1. The Balaban J connectivity index is 2.11. The van der Waals surface area contributed by atoms with Crippen molar-refractivity contribution in [2.45, 2.75) is 26.4 Å². The maximum Gasteiger partial charge on any atom is 0.152 e. The second-order valence-electron chi connectivity index (χ2n) is 5.05. The number of halogens is 1. The third kappa shape index (κ3) is 2.45. The Hall–Kier alpha value is -1.78. The fourth-order valence-electron chi connectivity index (χ4n) is 2.68. The molecular weight excluding hydrogens is 286 g/mol. The summed E-state index contributed by atoms with van der Waals surface area (Å²) in [5.74, 6) is 0.843. The van der Waals surface area contributed by atoms with Crippen molar-refractivity contribution >= 4 is 22.6 Å². The fourth-order valence-corrected chi connectivity index (χ4v) is 2.90. The third-order valence-corrected chi connectivity index (χ3v) is 3.91. The van der Waals surface area contributed by atoms with Crippen LogP contribution in [0.2, 0.25) is 5.02 Å². The SMILES string of the molecule is CCn1nc(C)cc1C(NC)c1cc2cccc(Cl)c2o1. The number of furan rings is 1. The van der Waals surface area contributed by atoms with Crippen molar-refractivity contribution in [1.82, 2.24) is 15.1 Å². The van der Waals surface area contributed by atoms with Crippen molar-refractivity contribution in [3.8, 4) is 0 Å². The number of nitrogens with zero attached hydrogens (tertiary/aromatic N) is 2. The zero-order valence-electron chi connectivity index (χ0n) is 12.4. The van der Waals surface area contributed by atoms with Gasteiger partial charge in [0.05, 0.1) is 16.4 Å². The highest BCUT2D eigenvalue weighted by Gasteiger charge is 2.21. The van der Waals surface area contributed by atoms with E-state index in [2.05, 4.69) is 23.4 Å². The van der Waals surface area contributed by atoms with E-state index < -0.39 is 0 Å². The molecule has 1 aromatic carbocycles. The lowest BCUT2D eigenvalue weighted by Crippen LogP contribution is -2.20. The summed E-state index contributed by atoms with van der Waals surface area (Å²) < 4.78 is 7.97. The van der Waals surface area contributed by atoms with Gasteiger partial charge in [0.2, 0.25) is 0 Å². The minimum absolute atomic E-state index is 0.0467.